The van der Waals surface area contributed by atoms with Crippen LogP contribution in [0.5, 0.6) is 11.5 Å². The van der Waals surface area contributed by atoms with Crippen LogP contribution in [0.3, 0.4) is 0 Å². The maximum Gasteiger partial charge on any atom is 0.262 e. The van der Waals surface area contributed by atoms with Crippen LogP contribution in [0.4, 0.5) is 0 Å². The highest BCUT2D eigenvalue weighted by Crippen LogP contribution is 2.32. The smallest absolute Gasteiger partial charge is 0.262 e. The van der Waals surface area contributed by atoms with E-state index in [4.69, 9.17) is 32.7 Å². The summed E-state index contributed by atoms with van der Waals surface area (Å²) in [4.78, 5) is 12.6. The molecule has 6 nitrogen and oxygen atoms in total. The van der Waals surface area contributed by atoms with Crippen molar-refractivity contribution >= 4 is 35.2 Å². The van der Waals surface area contributed by atoms with Gasteiger partial charge < -0.3 is 19.4 Å². The lowest BCUT2D eigenvalue weighted by atomic mass is 10.1. The first-order valence-corrected chi connectivity index (χ1v) is 10.2. The molecule has 31 heavy (non-hydrogen) atoms. The number of ether oxygens (including phenoxy) is 2. The van der Waals surface area contributed by atoms with Gasteiger partial charge in [-0.15, -0.1) is 0 Å². The molecule has 3 aromatic rings. The first-order chi connectivity index (χ1) is 15.0. The van der Waals surface area contributed by atoms with E-state index in [-0.39, 0.29) is 18.9 Å². The molecule has 1 aliphatic rings. The van der Waals surface area contributed by atoms with Gasteiger partial charge in [-0.1, -0.05) is 35.3 Å². The molecule has 8 heteroatoms. The van der Waals surface area contributed by atoms with E-state index in [1.165, 1.54) is 0 Å². The van der Waals surface area contributed by atoms with E-state index in [2.05, 4.69) is 5.32 Å². The monoisotopic (exact) mass is 453 g/mol. The third kappa shape index (κ3) is 4.85. The van der Waals surface area contributed by atoms with Crippen LogP contribution in [0.2, 0.25) is 10.0 Å². The first-order valence-electron chi connectivity index (χ1n) is 9.41. The number of nitrogens with zero attached hydrogens (tertiary/aromatic N) is 2. The predicted molar refractivity (Wildman–Crippen MR) is 118 cm³/mol. The molecule has 0 bridgehead atoms. The number of hydrogen-bond donors (Lipinski definition) is 1. The highest BCUT2D eigenvalue weighted by molar-refractivity contribution is 6.35. The molecule has 1 aliphatic heterocycles. The number of fused-ring (bicyclic) bond motifs is 1. The number of aromatic nitrogens is 1. The summed E-state index contributed by atoms with van der Waals surface area (Å²) in [6, 6.07) is 16.4. The summed E-state index contributed by atoms with van der Waals surface area (Å²) < 4.78 is 12.5. The van der Waals surface area contributed by atoms with Gasteiger partial charge in [-0.3, -0.25) is 4.79 Å². The number of halogens is 2. The molecule has 0 unspecified atom stereocenters. The molecule has 0 atom stereocenters. The van der Waals surface area contributed by atoms with Crippen LogP contribution in [-0.2, 0) is 17.9 Å². The summed E-state index contributed by atoms with van der Waals surface area (Å²) in [7, 11) is 0. The van der Waals surface area contributed by atoms with Gasteiger partial charge in [0.15, 0.2) is 11.5 Å². The van der Waals surface area contributed by atoms with Gasteiger partial charge in [0.25, 0.3) is 5.91 Å². The second-order valence-electron chi connectivity index (χ2n) is 6.84. The zero-order valence-corrected chi connectivity index (χ0v) is 17.8. The van der Waals surface area contributed by atoms with Gasteiger partial charge in [0.1, 0.15) is 11.6 Å². The lowest BCUT2D eigenvalue weighted by molar-refractivity contribution is -0.117. The molecule has 2 aromatic carbocycles. The molecule has 0 aliphatic carbocycles. The maximum absolute atomic E-state index is 12.6. The van der Waals surface area contributed by atoms with Crippen molar-refractivity contribution in [2.75, 3.05) is 6.79 Å². The van der Waals surface area contributed by atoms with Crippen molar-refractivity contribution < 1.29 is 14.3 Å². The van der Waals surface area contributed by atoms with Crippen molar-refractivity contribution in [1.82, 2.24) is 9.88 Å². The Kier molecular flexibility index (Phi) is 6.17. The summed E-state index contributed by atoms with van der Waals surface area (Å²) in [5.41, 5.74) is 2.43. The minimum absolute atomic E-state index is 0.00268. The Morgan fingerprint density at radius 1 is 1.16 bits per heavy atom. The number of carbonyl (C=O) groups excluding carboxylic acids is 1. The summed E-state index contributed by atoms with van der Waals surface area (Å²) in [5, 5.41) is 13.4. The van der Waals surface area contributed by atoms with Crippen LogP contribution >= 0.6 is 23.2 Å². The Morgan fingerprint density at radius 3 is 2.81 bits per heavy atom. The predicted octanol–water partition coefficient (Wildman–Crippen LogP) is 4.80. The Bertz CT molecular complexity index is 1210. The zero-order chi connectivity index (χ0) is 21.8. The van der Waals surface area contributed by atoms with Crippen LogP contribution in [0, 0.1) is 11.3 Å². The van der Waals surface area contributed by atoms with Crippen LogP contribution in [-0.4, -0.2) is 17.3 Å². The summed E-state index contributed by atoms with van der Waals surface area (Å²) in [6.45, 7) is 0.926. The number of rotatable bonds is 6. The van der Waals surface area contributed by atoms with E-state index >= 15 is 0 Å². The molecule has 156 valence electrons. The van der Waals surface area contributed by atoms with Gasteiger partial charge in [-0.05, 0) is 53.6 Å². The second-order valence-corrected chi connectivity index (χ2v) is 7.68. The van der Waals surface area contributed by atoms with Crippen molar-refractivity contribution in [3.63, 3.8) is 0 Å². The van der Waals surface area contributed by atoms with Crippen molar-refractivity contribution in [3.05, 3.63) is 87.2 Å². The lowest BCUT2D eigenvalue weighted by Gasteiger charge is -2.10. The molecule has 0 radical (unpaired) electrons. The van der Waals surface area contributed by atoms with E-state index in [1.54, 1.807) is 30.3 Å². The van der Waals surface area contributed by atoms with Crippen LogP contribution in [0.1, 0.15) is 16.8 Å². The second kappa shape index (κ2) is 9.17. The van der Waals surface area contributed by atoms with Gasteiger partial charge in [-0.25, -0.2) is 0 Å². The van der Waals surface area contributed by atoms with E-state index in [0.29, 0.717) is 33.8 Å². The molecular formula is C23H17Cl2N3O3. The third-order valence-corrected chi connectivity index (χ3v) is 5.35. The van der Waals surface area contributed by atoms with Gasteiger partial charge >= 0.3 is 0 Å². The van der Waals surface area contributed by atoms with Crippen molar-refractivity contribution in [2.24, 2.45) is 0 Å². The number of nitrogens with one attached hydrogen (secondary N) is 1. The average Bonchev–Trinajstić information content (AvgIpc) is 3.41. The minimum atomic E-state index is -0.461. The molecule has 1 N–H and O–H groups in total. The standard InChI is InChI=1S/C23H17Cl2N3O3/c24-18-5-4-16(20(25)10-18)13-28-7-1-2-19(28)9-17(11-26)23(29)27-12-15-3-6-21-22(8-15)31-14-30-21/h1-10H,12-14H2,(H,27,29). The van der Waals surface area contributed by atoms with Crippen LogP contribution in [0.25, 0.3) is 6.08 Å². The number of hydrogen-bond acceptors (Lipinski definition) is 4. The Hall–Kier alpha value is -3.40. The minimum Gasteiger partial charge on any atom is -0.454 e. The number of benzene rings is 2. The Morgan fingerprint density at radius 2 is 2.00 bits per heavy atom. The zero-order valence-electron chi connectivity index (χ0n) is 16.3. The van der Waals surface area contributed by atoms with Gasteiger partial charge in [-0.2, -0.15) is 5.26 Å². The SMILES string of the molecule is N#CC(=Cc1cccn1Cc1ccc(Cl)cc1Cl)C(=O)NCc1ccc2c(c1)OCO2. The molecule has 0 spiro atoms. The molecule has 4 rings (SSSR count). The molecule has 2 heterocycles. The maximum atomic E-state index is 12.6. The van der Waals surface area contributed by atoms with Gasteiger partial charge in [0.2, 0.25) is 6.79 Å². The Labute approximate surface area is 189 Å². The third-order valence-electron chi connectivity index (χ3n) is 4.77. The number of carbonyl (C=O) groups is 1. The fraction of sp³-hybridized carbons (Fsp3) is 0.130. The van der Waals surface area contributed by atoms with E-state index in [1.807, 2.05) is 41.1 Å². The normalized spacial score (nSPS) is 12.5. The van der Waals surface area contributed by atoms with E-state index in [0.717, 1.165) is 11.1 Å². The van der Waals surface area contributed by atoms with Crippen LogP contribution in [0.15, 0.2) is 60.3 Å². The first kappa shape index (κ1) is 20.9. The topological polar surface area (TPSA) is 76.3 Å². The van der Waals surface area contributed by atoms with Gasteiger partial charge in [0, 0.05) is 35.0 Å². The summed E-state index contributed by atoms with van der Waals surface area (Å²) in [5.74, 6) is 0.855. The quantitative estimate of drug-likeness (QED) is 0.429. The summed E-state index contributed by atoms with van der Waals surface area (Å²) in [6.07, 6.45) is 3.41. The van der Waals surface area contributed by atoms with Crippen molar-refractivity contribution in [3.8, 4) is 17.6 Å². The molecule has 0 saturated heterocycles. The average molecular weight is 454 g/mol. The highest BCUT2D eigenvalue weighted by Gasteiger charge is 2.15. The highest BCUT2D eigenvalue weighted by atomic mass is 35.5. The molecular weight excluding hydrogens is 437 g/mol. The fourth-order valence-corrected chi connectivity index (χ4v) is 3.63. The lowest BCUT2D eigenvalue weighted by Crippen LogP contribution is -2.24. The number of nitriles is 1. The van der Waals surface area contributed by atoms with Crippen molar-refractivity contribution in [2.45, 2.75) is 13.1 Å². The molecule has 1 amide bonds. The summed E-state index contributed by atoms with van der Waals surface area (Å²) >= 11 is 12.2. The Balaban J connectivity index is 1.46. The van der Waals surface area contributed by atoms with Gasteiger partial charge in [0.05, 0.1) is 0 Å². The van der Waals surface area contributed by atoms with E-state index < -0.39 is 5.91 Å². The van der Waals surface area contributed by atoms with Crippen LogP contribution < -0.4 is 14.8 Å². The van der Waals surface area contributed by atoms with E-state index in [9.17, 15) is 10.1 Å². The fourth-order valence-electron chi connectivity index (χ4n) is 3.16. The largest absolute Gasteiger partial charge is 0.454 e. The number of amides is 1. The van der Waals surface area contributed by atoms with Crippen molar-refractivity contribution in [1.29, 1.82) is 5.26 Å². The molecule has 0 saturated carbocycles. The molecule has 0 fully saturated rings. The molecule has 1 aromatic heterocycles.